The van der Waals surface area contributed by atoms with Crippen molar-refractivity contribution in [3.63, 3.8) is 0 Å². The van der Waals surface area contributed by atoms with Gasteiger partial charge in [-0.25, -0.2) is 4.98 Å². The zero-order chi connectivity index (χ0) is 13.9. The van der Waals surface area contributed by atoms with Crippen LogP contribution in [0.4, 0.5) is 5.69 Å². The average molecular weight is 376 g/mol. The fourth-order valence-electron chi connectivity index (χ4n) is 1.97. The number of nitrogens with one attached hydrogen (secondary N) is 1. The number of anilines is 1. The summed E-state index contributed by atoms with van der Waals surface area (Å²) in [5, 5.41) is 7.29. The minimum Gasteiger partial charge on any atom is -0.399 e. The predicted octanol–water partition coefficient (Wildman–Crippen LogP) is 3.25. The van der Waals surface area contributed by atoms with Crippen LogP contribution in [0.25, 0.3) is 11.4 Å². The molecule has 0 atom stereocenters. The van der Waals surface area contributed by atoms with E-state index in [0.29, 0.717) is 0 Å². The van der Waals surface area contributed by atoms with Crippen LogP contribution in [0.15, 0.2) is 48.5 Å². The Morgan fingerprint density at radius 2 is 1.80 bits per heavy atom. The van der Waals surface area contributed by atoms with E-state index in [1.54, 1.807) is 0 Å². The number of nitrogens with zero attached hydrogens (tertiary/aromatic N) is 2. The average Bonchev–Trinajstić information content (AvgIpc) is 2.90. The molecule has 0 bridgehead atoms. The van der Waals surface area contributed by atoms with Gasteiger partial charge in [-0.05, 0) is 46.4 Å². The Bertz CT molecular complexity index is 719. The SMILES string of the molecule is Nc1ccc(Cc2nc(-c3ccccc3I)n[nH]2)cc1. The summed E-state index contributed by atoms with van der Waals surface area (Å²) in [5.74, 6) is 1.59. The van der Waals surface area contributed by atoms with Crippen LogP contribution in [-0.4, -0.2) is 15.2 Å². The maximum absolute atomic E-state index is 5.68. The van der Waals surface area contributed by atoms with Crippen LogP contribution in [0.5, 0.6) is 0 Å². The van der Waals surface area contributed by atoms with Gasteiger partial charge in [0.25, 0.3) is 0 Å². The van der Waals surface area contributed by atoms with Crippen molar-refractivity contribution < 1.29 is 0 Å². The first-order valence-electron chi connectivity index (χ1n) is 6.23. The lowest BCUT2D eigenvalue weighted by Gasteiger charge is -1.99. The van der Waals surface area contributed by atoms with Gasteiger partial charge in [0.1, 0.15) is 5.82 Å². The van der Waals surface area contributed by atoms with Gasteiger partial charge in [-0.15, -0.1) is 0 Å². The number of benzene rings is 2. The second-order valence-electron chi connectivity index (χ2n) is 4.50. The molecular weight excluding hydrogens is 363 g/mol. The van der Waals surface area contributed by atoms with Crippen LogP contribution in [0.2, 0.25) is 0 Å². The Hall–Kier alpha value is -1.89. The van der Waals surface area contributed by atoms with Crippen LogP contribution < -0.4 is 5.73 Å². The van der Waals surface area contributed by atoms with Crippen LogP contribution in [0, 0.1) is 3.57 Å². The highest BCUT2D eigenvalue weighted by Crippen LogP contribution is 2.21. The Morgan fingerprint density at radius 3 is 2.55 bits per heavy atom. The van der Waals surface area contributed by atoms with E-state index in [-0.39, 0.29) is 0 Å². The fourth-order valence-corrected chi connectivity index (χ4v) is 2.59. The number of nitrogens with two attached hydrogens (primary N) is 1. The van der Waals surface area contributed by atoms with E-state index in [1.165, 1.54) is 0 Å². The zero-order valence-corrected chi connectivity index (χ0v) is 12.8. The number of rotatable bonds is 3. The molecule has 0 amide bonds. The molecule has 5 heteroatoms. The third-order valence-corrected chi connectivity index (χ3v) is 3.94. The Labute approximate surface area is 130 Å². The topological polar surface area (TPSA) is 67.6 Å². The summed E-state index contributed by atoms with van der Waals surface area (Å²) in [5.41, 5.74) is 8.66. The highest BCUT2D eigenvalue weighted by molar-refractivity contribution is 14.1. The second-order valence-corrected chi connectivity index (χ2v) is 5.67. The fraction of sp³-hybridized carbons (Fsp3) is 0.0667. The van der Waals surface area contributed by atoms with Gasteiger partial charge in [-0.3, -0.25) is 5.10 Å². The van der Waals surface area contributed by atoms with Gasteiger partial charge >= 0.3 is 0 Å². The molecule has 2 aromatic carbocycles. The van der Waals surface area contributed by atoms with Gasteiger partial charge in [-0.1, -0.05) is 30.3 Å². The van der Waals surface area contributed by atoms with Crippen molar-refractivity contribution in [2.45, 2.75) is 6.42 Å². The van der Waals surface area contributed by atoms with Crippen molar-refractivity contribution in [2.24, 2.45) is 0 Å². The van der Waals surface area contributed by atoms with E-state index in [4.69, 9.17) is 5.73 Å². The molecule has 1 aromatic heterocycles. The molecule has 1 heterocycles. The lowest BCUT2D eigenvalue weighted by Crippen LogP contribution is -1.92. The van der Waals surface area contributed by atoms with Gasteiger partial charge in [0.05, 0.1) is 0 Å². The number of H-pyrrole nitrogens is 1. The van der Waals surface area contributed by atoms with Gasteiger partial charge in [0.15, 0.2) is 5.82 Å². The van der Waals surface area contributed by atoms with Crippen LogP contribution in [0.1, 0.15) is 11.4 Å². The van der Waals surface area contributed by atoms with Crippen molar-refractivity contribution in [3.8, 4) is 11.4 Å². The molecule has 3 N–H and O–H groups in total. The zero-order valence-electron chi connectivity index (χ0n) is 10.7. The summed E-state index contributed by atoms with van der Waals surface area (Å²) < 4.78 is 1.14. The molecule has 0 fully saturated rings. The van der Waals surface area contributed by atoms with E-state index >= 15 is 0 Å². The smallest absolute Gasteiger partial charge is 0.182 e. The quantitative estimate of drug-likeness (QED) is 0.545. The third kappa shape index (κ3) is 2.82. The molecule has 0 saturated heterocycles. The number of hydrogen-bond donors (Lipinski definition) is 2. The Balaban J connectivity index is 1.84. The molecule has 4 nitrogen and oxygen atoms in total. The third-order valence-electron chi connectivity index (χ3n) is 3.00. The predicted molar refractivity (Wildman–Crippen MR) is 88.2 cm³/mol. The molecule has 0 unspecified atom stereocenters. The molecule has 0 aliphatic carbocycles. The molecule has 3 rings (SSSR count). The number of nitrogen functional groups attached to an aromatic ring is 1. The van der Waals surface area contributed by atoms with Crippen LogP contribution in [0.3, 0.4) is 0 Å². The van der Waals surface area contributed by atoms with E-state index in [1.807, 2.05) is 48.5 Å². The van der Waals surface area contributed by atoms with Crippen molar-refractivity contribution in [1.29, 1.82) is 0 Å². The number of halogens is 1. The first-order valence-corrected chi connectivity index (χ1v) is 7.31. The lowest BCUT2D eigenvalue weighted by molar-refractivity contribution is 0.973. The minimum atomic E-state index is 0.719. The molecule has 3 aromatic rings. The number of hydrogen-bond acceptors (Lipinski definition) is 3. The second kappa shape index (κ2) is 5.62. The van der Waals surface area contributed by atoms with E-state index in [0.717, 1.165) is 38.5 Å². The number of aromatic amines is 1. The standard InChI is InChI=1S/C15H13IN4/c16-13-4-2-1-3-12(13)15-18-14(19-20-15)9-10-5-7-11(17)8-6-10/h1-8H,9,17H2,(H,18,19,20). The van der Waals surface area contributed by atoms with Crippen LogP contribution >= 0.6 is 22.6 Å². The normalized spacial score (nSPS) is 10.7. The highest BCUT2D eigenvalue weighted by atomic mass is 127. The van der Waals surface area contributed by atoms with Crippen LogP contribution in [-0.2, 0) is 6.42 Å². The summed E-state index contributed by atoms with van der Waals surface area (Å²) in [6.45, 7) is 0. The summed E-state index contributed by atoms with van der Waals surface area (Å²) in [6, 6.07) is 15.9. The first-order chi connectivity index (χ1) is 9.72. The maximum atomic E-state index is 5.68. The van der Waals surface area contributed by atoms with Gasteiger partial charge < -0.3 is 5.73 Å². The summed E-state index contributed by atoms with van der Waals surface area (Å²) in [4.78, 5) is 4.56. The number of aromatic nitrogens is 3. The largest absolute Gasteiger partial charge is 0.399 e. The molecule has 100 valence electrons. The molecule has 0 aliphatic heterocycles. The van der Waals surface area contributed by atoms with E-state index in [9.17, 15) is 0 Å². The van der Waals surface area contributed by atoms with Gasteiger partial charge in [-0.2, -0.15) is 5.10 Å². The Kier molecular flexibility index (Phi) is 3.68. The van der Waals surface area contributed by atoms with Crippen molar-refractivity contribution in [1.82, 2.24) is 15.2 Å². The van der Waals surface area contributed by atoms with Crippen molar-refractivity contribution in [2.75, 3.05) is 5.73 Å². The van der Waals surface area contributed by atoms with Crippen molar-refractivity contribution >= 4 is 28.3 Å². The summed E-state index contributed by atoms with van der Waals surface area (Å²) in [6.07, 6.45) is 0.719. The molecule has 20 heavy (non-hydrogen) atoms. The molecule has 0 spiro atoms. The van der Waals surface area contributed by atoms with E-state index in [2.05, 4.69) is 37.8 Å². The van der Waals surface area contributed by atoms with Gasteiger partial charge in [0, 0.05) is 21.2 Å². The highest BCUT2D eigenvalue weighted by Gasteiger charge is 2.09. The van der Waals surface area contributed by atoms with E-state index < -0.39 is 0 Å². The lowest BCUT2D eigenvalue weighted by atomic mass is 10.1. The first kappa shape index (κ1) is 13.1. The molecule has 0 saturated carbocycles. The maximum Gasteiger partial charge on any atom is 0.182 e. The summed E-state index contributed by atoms with van der Waals surface area (Å²) in [7, 11) is 0. The molecule has 0 aliphatic rings. The van der Waals surface area contributed by atoms with Gasteiger partial charge in [0.2, 0.25) is 0 Å². The summed E-state index contributed by atoms with van der Waals surface area (Å²) >= 11 is 2.29. The minimum absolute atomic E-state index is 0.719. The monoisotopic (exact) mass is 376 g/mol. The van der Waals surface area contributed by atoms with Crippen molar-refractivity contribution in [3.05, 3.63) is 63.5 Å². The Morgan fingerprint density at radius 1 is 1.05 bits per heavy atom. The molecular formula is C15H13IN4. The molecule has 0 radical (unpaired) electrons.